The second kappa shape index (κ2) is 6.35. The normalized spacial score (nSPS) is 13.2. The van der Waals surface area contributed by atoms with Crippen molar-refractivity contribution >= 4 is 40.2 Å². The molecule has 0 saturated heterocycles. The van der Waals surface area contributed by atoms with Crippen LogP contribution in [0.1, 0.15) is 40.5 Å². The predicted molar refractivity (Wildman–Crippen MR) is 90.5 cm³/mol. The third kappa shape index (κ3) is 3.08. The van der Waals surface area contributed by atoms with E-state index in [0.717, 1.165) is 4.90 Å². The lowest BCUT2D eigenvalue weighted by molar-refractivity contribution is -0.137. The number of anilines is 1. The van der Waals surface area contributed by atoms with Crippen molar-refractivity contribution < 1.29 is 24.3 Å². The molecule has 2 aromatic rings. The molecule has 3 amide bonds. The average molecular weight is 340 g/mol. The van der Waals surface area contributed by atoms with Crippen LogP contribution >= 0.6 is 0 Å². The monoisotopic (exact) mass is 340 g/mol. The third-order valence-electron chi connectivity index (χ3n) is 4.02. The summed E-state index contributed by atoms with van der Waals surface area (Å²) in [5.74, 6) is -2.15. The molecule has 1 heterocycles. The summed E-state index contributed by atoms with van der Waals surface area (Å²) in [6.45, 7) is 1.40. The minimum atomic E-state index is -0.979. The number of carboxylic acid groups (broad SMARTS) is 1. The molecule has 25 heavy (non-hydrogen) atoms. The highest BCUT2D eigenvalue weighted by molar-refractivity contribution is 6.26. The molecule has 0 radical (unpaired) electrons. The molecule has 0 aliphatic carbocycles. The summed E-state index contributed by atoms with van der Waals surface area (Å²) in [6.07, 6.45) is 0.0591. The first-order valence-electron chi connectivity index (χ1n) is 7.81. The zero-order valence-corrected chi connectivity index (χ0v) is 13.5. The van der Waals surface area contributed by atoms with Gasteiger partial charge in [0.25, 0.3) is 11.8 Å². The van der Waals surface area contributed by atoms with E-state index in [0.29, 0.717) is 27.6 Å². The van der Waals surface area contributed by atoms with Crippen LogP contribution in [0.3, 0.4) is 0 Å². The van der Waals surface area contributed by atoms with Gasteiger partial charge in [-0.1, -0.05) is 12.1 Å². The highest BCUT2D eigenvalue weighted by atomic mass is 16.4. The Hall–Kier alpha value is -3.22. The van der Waals surface area contributed by atoms with E-state index in [1.807, 2.05) is 0 Å². The van der Waals surface area contributed by atoms with E-state index in [-0.39, 0.29) is 25.3 Å². The molecule has 3 rings (SSSR count). The largest absolute Gasteiger partial charge is 0.481 e. The molecule has 0 saturated carbocycles. The lowest BCUT2D eigenvalue weighted by Crippen LogP contribution is -2.41. The Kier molecular flexibility index (Phi) is 4.22. The third-order valence-corrected chi connectivity index (χ3v) is 4.02. The molecular weight excluding hydrogens is 324 g/mol. The summed E-state index contributed by atoms with van der Waals surface area (Å²) in [4.78, 5) is 48.5. The van der Waals surface area contributed by atoms with Gasteiger partial charge in [-0.25, -0.2) is 0 Å². The van der Waals surface area contributed by atoms with Gasteiger partial charge in [-0.05, 0) is 30.0 Å². The lowest BCUT2D eigenvalue weighted by atomic mass is 9.93. The molecule has 0 bridgehead atoms. The van der Waals surface area contributed by atoms with E-state index in [2.05, 4.69) is 5.32 Å². The summed E-state index contributed by atoms with van der Waals surface area (Å²) in [5, 5.41) is 12.6. The van der Waals surface area contributed by atoms with Crippen molar-refractivity contribution in [2.75, 3.05) is 11.9 Å². The zero-order chi connectivity index (χ0) is 18.1. The maximum atomic E-state index is 12.8. The number of amides is 3. The van der Waals surface area contributed by atoms with Crippen LogP contribution in [0.2, 0.25) is 0 Å². The zero-order valence-electron chi connectivity index (χ0n) is 13.5. The average Bonchev–Trinajstić information content (AvgIpc) is 2.54. The molecule has 2 aromatic carbocycles. The van der Waals surface area contributed by atoms with Crippen molar-refractivity contribution in [2.24, 2.45) is 0 Å². The summed E-state index contributed by atoms with van der Waals surface area (Å²) >= 11 is 0. The van der Waals surface area contributed by atoms with Gasteiger partial charge in [0, 0.05) is 36.5 Å². The van der Waals surface area contributed by atoms with Crippen LogP contribution in [-0.2, 0) is 9.59 Å². The number of carbonyl (C=O) groups is 4. The Morgan fingerprint density at radius 2 is 1.84 bits per heavy atom. The molecule has 128 valence electrons. The fourth-order valence-electron chi connectivity index (χ4n) is 3.02. The van der Waals surface area contributed by atoms with Crippen molar-refractivity contribution in [3.05, 3.63) is 41.5 Å². The maximum absolute atomic E-state index is 12.8. The SMILES string of the molecule is CC(=O)Nc1cc2c3c(cccc3c1)C(=O)N(CCCC(=O)O)C2=O. The Balaban J connectivity index is 2.06. The molecule has 0 unspecified atom stereocenters. The highest BCUT2D eigenvalue weighted by Gasteiger charge is 2.32. The maximum Gasteiger partial charge on any atom is 0.303 e. The van der Waals surface area contributed by atoms with Gasteiger partial charge >= 0.3 is 5.97 Å². The number of nitrogens with one attached hydrogen (secondary N) is 1. The summed E-state index contributed by atoms with van der Waals surface area (Å²) in [5.41, 5.74) is 1.20. The van der Waals surface area contributed by atoms with E-state index in [9.17, 15) is 19.2 Å². The lowest BCUT2D eigenvalue weighted by Gasteiger charge is -2.27. The quantitative estimate of drug-likeness (QED) is 0.813. The number of rotatable bonds is 5. The van der Waals surface area contributed by atoms with E-state index in [1.165, 1.54) is 6.92 Å². The molecule has 0 atom stereocenters. The van der Waals surface area contributed by atoms with Gasteiger partial charge in [-0.15, -0.1) is 0 Å². The van der Waals surface area contributed by atoms with Crippen LogP contribution < -0.4 is 5.32 Å². The predicted octanol–water partition coefficient (Wildman–Crippen LogP) is 2.26. The fourth-order valence-corrected chi connectivity index (χ4v) is 3.02. The number of hydrogen-bond acceptors (Lipinski definition) is 4. The topological polar surface area (TPSA) is 104 Å². The minimum absolute atomic E-state index is 0.0319. The second-order valence-corrected chi connectivity index (χ2v) is 5.87. The van der Waals surface area contributed by atoms with Crippen molar-refractivity contribution in [1.29, 1.82) is 0 Å². The van der Waals surface area contributed by atoms with Gasteiger partial charge in [0.05, 0.1) is 5.56 Å². The first-order chi connectivity index (χ1) is 11.9. The standard InChI is InChI=1S/C18H16N2O5/c1-10(21)19-12-8-11-4-2-5-13-16(11)14(9-12)18(25)20(17(13)24)7-3-6-15(22)23/h2,4-5,8-9H,3,6-7H2,1H3,(H,19,21)(H,22,23). The smallest absolute Gasteiger partial charge is 0.303 e. The van der Waals surface area contributed by atoms with Crippen LogP contribution in [-0.4, -0.2) is 40.2 Å². The number of nitrogens with zero attached hydrogens (tertiary/aromatic N) is 1. The fraction of sp³-hybridized carbons (Fsp3) is 0.222. The van der Waals surface area contributed by atoms with Crippen LogP contribution in [0.15, 0.2) is 30.3 Å². The van der Waals surface area contributed by atoms with Crippen molar-refractivity contribution in [2.45, 2.75) is 19.8 Å². The van der Waals surface area contributed by atoms with Gasteiger partial charge in [0.15, 0.2) is 0 Å². The Morgan fingerprint density at radius 1 is 1.12 bits per heavy atom. The molecule has 1 aliphatic rings. The summed E-state index contributed by atoms with van der Waals surface area (Å²) in [7, 11) is 0. The highest BCUT2D eigenvalue weighted by Crippen LogP contribution is 2.32. The van der Waals surface area contributed by atoms with Crippen LogP contribution in [0.4, 0.5) is 5.69 Å². The Labute approximate surface area is 143 Å². The molecule has 0 fully saturated rings. The first kappa shape index (κ1) is 16.6. The molecular formula is C18H16N2O5. The van der Waals surface area contributed by atoms with Crippen molar-refractivity contribution in [3.63, 3.8) is 0 Å². The van der Waals surface area contributed by atoms with Gasteiger partial charge in [-0.3, -0.25) is 24.1 Å². The molecule has 1 aliphatic heterocycles. The van der Waals surface area contributed by atoms with Crippen LogP contribution in [0.5, 0.6) is 0 Å². The number of imide groups is 1. The molecule has 7 heteroatoms. The molecule has 0 spiro atoms. The van der Waals surface area contributed by atoms with Crippen molar-refractivity contribution in [1.82, 2.24) is 4.90 Å². The Morgan fingerprint density at radius 3 is 2.52 bits per heavy atom. The second-order valence-electron chi connectivity index (χ2n) is 5.87. The number of benzene rings is 2. The minimum Gasteiger partial charge on any atom is -0.481 e. The van der Waals surface area contributed by atoms with Gasteiger partial charge in [0.1, 0.15) is 0 Å². The van der Waals surface area contributed by atoms with E-state index < -0.39 is 17.8 Å². The van der Waals surface area contributed by atoms with Gasteiger partial charge in [-0.2, -0.15) is 0 Å². The van der Waals surface area contributed by atoms with E-state index in [1.54, 1.807) is 30.3 Å². The van der Waals surface area contributed by atoms with Gasteiger partial charge < -0.3 is 10.4 Å². The van der Waals surface area contributed by atoms with Crippen molar-refractivity contribution in [3.8, 4) is 0 Å². The summed E-state index contributed by atoms with van der Waals surface area (Å²) < 4.78 is 0. The first-order valence-corrected chi connectivity index (χ1v) is 7.81. The molecule has 7 nitrogen and oxygen atoms in total. The van der Waals surface area contributed by atoms with Gasteiger partial charge in [0.2, 0.25) is 5.91 Å². The molecule has 2 N–H and O–H groups in total. The number of carbonyl (C=O) groups excluding carboxylic acids is 3. The number of carboxylic acids is 1. The number of aliphatic carboxylic acids is 1. The van der Waals surface area contributed by atoms with Crippen LogP contribution in [0, 0.1) is 0 Å². The van der Waals surface area contributed by atoms with Crippen LogP contribution in [0.25, 0.3) is 10.8 Å². The summed E-state index contributed by atoms with van der Waals surface area (Å²) in [6, 6.07) is 8.38. The number of hydrogen-bond donors (Lipinski definition) is 2. The van der Waals surface area contributed by atoms with E-state index >= 15 is 0 Å². The van der Waals surface area contributed by atoms with E-state index in [4.69, 9.17) is 5.11 Å². The Bertz CT molecular complexity index is 919. The molecule has 0 aromatic heterocycles.